The van der Waals surface area contributed by atoms with Gasteiger partial charge in [-0.25, -0.2) is 0 Å². The summed E-state index contributed by atoms with van der Waals surface area (Å²) in [7, 11) is 0. The van der Waals surface area contributed by atoms with Crippen molar-refractivity contribution >= 4 is 23.3 Å². The van der Waals surface area contributed by atoms with Crippen LogP contribution in [0.5, 0.6) is 5.75 Å². The van der Waals surface area contributed by atoms with Crippen molar-refractivity contribution in [1.82, 2.24) is 4.90 Å². The summed E-state index contributed by atoms with van der Waals surface area (Å²) in [6.07, 6.45) is 0.504. The number of carboxylic acid groups (broad SMARTS) is 1. The third-order valence-corrected chi connectivity index (χ3v) is 5.58. The molecule has 6 nitrogen and oxygen atoms in total. The Balaban J connectivity index is 0.00000256. The Morgan fingerprint density at radius 1 is 1.27 bits per heavy atom. The van der Waals surface area contributed by atoms with Crippen molar-refractivity contribution in [2.24, 2.45) is 11.1 Å². The van der Waals surface area contributed by atoms with Crippen molar-refractivity contribution in [3.8, 4) is 5.75 Å². The SMILES string of the molecule is CCOc1ccc(C2CC(c3ccc(CN4CC(C(=O)[O-])C4)cc3)=NO2)cc1Cl.[Na+]. The molecule has 1 unspecified atom stereocenters. The van der Waals surface area contributed by atoms with Crippen molar-refractivity contribution in [3.63, 3.8) is 0 Å². The normalized spacial score (nSPS) is 18.7. The van der Waals surface area contributed by atoms with Crippen LogP contribution >= 0.6 is 11.6 Å². The van der Waals surface area contributed by atoms with Crippen LogP contribution in [0.1, 0.15) is 36.1 Å². The summed E-state index contributed by atoms with van der Waals surface area (Å²) < 4.78 is 5.48. The third-order valence-electron chi connectivity index (χ3n) is 5.28. The van der Waals surface area contributed by atoms with Gasteiger partial charge in [0.05, 0.1) is 17.3 Å². The molecular formula is C22H22ClN2NaO4. The zero-order valence-corrected chi connectivity index (χ0v) is 19.9. The maximum absolute atomic E-state index is 10.8. The summed E-state index contributed by atoms with van der Waals surface area (Å²) in [6.45, 7) is 4.33. The molecule has 2 aliphatic rings. The molecule has 0 aliphatic carbocycles. The van der Waals surface area contributed by atoms with Gasteiger partial charge in [-0.2, -0.15) is 0 Å². The number of carboxylic acids is 1. The number of hydrogen-bond donors (Lipinski definition) is 0. The quantitative estimate of drug-likeness (QED) is 0.562. The van der Waals surface area contributed by atoms with Crippen LogP contribution in [0.25, 0.3) is 0 Å². The van der Waals surface area contributed by atoms with Gasteiger partial charge in [-0.1, -0.05) is 47.1 Å². The minimum atomic E-state index is -0.959. The second-order valence-corrected chi connectivity index (χ2v) is 7.77. The second-order valence-electron chi connectivity index (χ2n) is 7.37. The topological polar surface area (TPSA) is 74.2 Å². The first-order chi connectivity index (χ1) is 14.0. The summed E-state index contributed by atoms with van der Waals surface area (Å²) in [5.74, 6) is -0.632. The largest absolute Gasteiger partial charge is 1.00 e. The fourth-order valence-electron chi connectivity index (χ4n) is 3.63. The first-order valence-corrected chi connectivity index (χ1v) is 10.1. The van der Waals surface area contributed by atoms with Gasteiger partial charge in [0.25, 0.3) is 0 Å². The van der Waals surface area contributed by atoms with E-state index in [-0.39, 0.29) is 41.6 Å². The number of ether oxygens (including phenoxy) is 1. The number of oxime groups is 1. The molecule has 2 aromatic carbocycles. The van der Waals surface area contributed by atoms with Crippen molar-refractivity contribution in [2.75, 3.05) is 19.7 Å². The zero-order chi connectivity index (χ0) is 20.4. The maximum Gasteiger partial charge on any atom is 1.00 e. The molecular weight excluding hydrogens is 415 g/mol. The van der Waals surface area contributed by atoms with E-state index in [1.54, 1.807) is 0 Å². The summed E-state index contributed by atoms with van der Waals surface area (Å²) in [4.78, 5) is 18.5. The van der Waals surface area contributed by atoms with Crippen LogP contribution in [-0.4, -0.2) is 36.3 Å². The minimum Gasteiger partial charge on any atom is -0.550 e. The molecule has 0 radical (unpaired) electrons. The molecule has 0 bridgehead atoms. The minimum absolute atomic E-state index is 0. The van der Waals surface area contributed by atoms with Gasteiger partial charge in [0.2, 0.25) is 0 Å². The molecule has 8 heteroatoms. The number of benzene rings is 2. The summed E-state index contributed by atoms with van der Waals surface area (Å²) in [5.41, 5.74) is 4.02. The van der Waals surface area contributed by atoms with Crippen molar-refractivity contribution in [3.05, 3.63) is 64.2 Å². The average molecular weight is 437 g/mol. The van der Waals surface area contributed by atoms with E-state index < -0.39 is 5.97 Å². The Hall–Kier alpha value is -1.57. The van der Waals surface area contributed by atoms with Gasteiger partial charge in [0.1, 0.15) is 5.75 Å². The van der Waals surface area contributed by atoms with Crippen LogP contribution in [-0.2, 0) is 16.2 Å². The van der Waals surface area contributed by atoms with Gasteiger partial charge >= 0.3 is 29.6 Å². The number of halogens is 1. The number of carbonyl (C=O) groups excluding carboxylic acids is 1. The Labute approximate surface area is 203 Å². The molecule has 0 saturated carbocycles. The first-order valence-electron chi connectivity index (χ1n) is 9.71. The summed E-state index contributed by atoms with van der Waals surface area (Å²) in [6, 6.07) is 13.8. The number of aliphatic carboxylic acids is 1. The molecule has 1 saturated heterocycles. The molecule has 0 spiro atoms. The van der Waals surface area contributed by atoms with Crippen molar-refractivity contribution in [2.45, 2.75) is 26.0 Å². The smallest absolute Gasteiger partial charge is 0.550 e. The van der Waals surface area contributed by atoms with Crippen molar-refractivity contribution < 1.29 is 49.0 Å². The van der Waals surface area contributed by atoms with Crippen LogP contribution in [0.4, 0.5) is 0 Å². The number of rotatable bonds is 7. The third kappa shape index (κ3) is 5.18. The van der Waals surface area contributed by atoms with Crippen LogP contribution in [0.3, 0.4) is 0 Å². The van der Waals surface area contributed by atoms with E-state index >= 15 is 0 Å². The van der Waals surface area contributed by atoms with E-state index in [2.05, 4.69) is 10.1 Å². The van der Waals surface area contributed by atoms with E-state index in [1.807, 2.05) is 49.4 Å². The Kier molecular flexibility index (Phi) is 7.82. The van der Waals surface area contributed by atoms with Gasteiger partial charge in [-0.05, 0) is 35.7 Å². The van der Waals surface area contributed by atoms with Gasteiger partial charge in [0.15, 0.2) is 6.10 Å². The fraction of sp³-hybridized carbons (Fsp3) is 0.364. The molecule has 2 aliphatic heterocycles. The van der Waals surface area contributed by atoms with Crippen LogP contribution in [0.15, 0.2) is 47.6 Å². The van der Waals surface area contributed by atoms with Crippen LogP contribution in [0, 0.1) is 5.92 Å². The fourth-order valence-corrected chi connectivity index (χ4v) is 3.87. The Bertz CT molecular complexity index is 929. The van der Waals surface area contributed by atoms with Crippen LogP contribution < -0.4 is 39.4 Å². The van der Waals surface area contributed by atoms with E-state index in [9.17, 15) is 9.90 Å². The van der Waals surface area contributed by atoms with E-state index in [1.165, 1.54) is 0 Å². The molecule has 2 aromatic rings. The summed E-state index contributed by atoms with van der Waals surface area (Å²) >= 11 is 6.28. The van der Waals surface area contributed by atoms with Crippen molar-refractivity contribution in [1.29, 1.82) is 0 Å². The van der Waals surface area contributed by atoms with Gasteiger partial charge in [-0.15, -0.1) is 0 Å². The van der Waals surface area contributed by atoms with Gasteiger partial charge < -0.3 is 19.5 Å². The summed E-state index contributed by atoms with van der Waals surface area (Å²) in [5, 5.41) is 15.6. The zero-order valence-electron chi connectivity index (χ0n) is 17.1. The maximum atomic E-state index is 10.8. The average Bonchev–Trinajstić information content (AvgIpc) is 3.16. The first kappa shape index (κ1) is 23.1. The second kappa shape index (κ2) is 10.2. The number of hydrogen-bond acceptors (Lipinski definition) is 6. The molecule has 4 rings (SSSR count). The van der Waals surface area contributed by atoms with Gasteiger partial charge in [0, 0.05) is 37.9 Å². The molecule has 0 amide bonds. The molecule has 152 valence electrons. The standard InChI is InChI=1S/C22H23ClN2O4.Na/c1-2-28-20-8-7-16(9-18(20)23)21-10-19(24-29-21)15-5-3-14(4-6-15)11-25-12-17(13-25)22(26)27;/h3-9,17,21H,2,10-13H2,1H3,(H,26,27);/q;+1/p-1. The van der Waals surface area contributed by atoms with Crippen LogP contribution in [0.2, 0.25) is 5.02 Å². The van der Waals surface area contributed by atoms with E-state index in [0.717, 1.165) is 28.9 Å². The molecule has 0 aromatic heterocycles. The number of nitrogens with zero attached hydrogens (tertiary/aromatic N) is 2. The Morgan fingerprint density at radius 3 is 2.63 bits per heavy atom. The number of carbonyl (C=O) groups is 1. The predicted molar refractivity (Wildman–Crippen MR) is 108 cm³/mol. The molecule has 30 heavy (non-hydrogen) atoms. The predicted octanol–water partition coefficient (Wildman–Crippen LogP) is -0.210. The van der Waals surface area contributed by atoms with E-state index in [4.69, 9.17) is 21.2 Å². The monoisotopic (exact) mass is 436 g/mol. The number of likely N-dealkylation sites (tertiary alicyclic amines) is 1. The molecule has 1 fully saturated rings. The Morgan fingerprint density at radius 2 is 2.00 bits per heavy atom. The van der Waals surface area contributed by atoms with Gasteiger partial charge in [-0.3, -0.25) is 4.90 Å². The molecule has 0 N–H and O–H groups in total. The van der Waals surface area contributed by atoms with E-state index in [0.29, 0.717) is 36.9 Å². The molecule has 1 atom stereocenters. The molecule has 2 heterocycles.